The second kappa shape index (κ2) is 5.19. The Morgan fingerprint density at radius 1 is 1.29 bits per heavy atom. The number of carbonyl (C=O) groups excluding carboxylic acids is 1. The van der Waals surface area contributed by atoms with Gasteiger partial charge >= 0.3 is 0 Å². The van der Waals surface area contributed by atoms with E-state index in [1.54, 1.807) is 0 Å². The van der Waals surface area contributed by atoms with Crippen LogP contribution in [0.25, 0.3) is 0 Å². The number of carbonyl (C=O) groups is 1. The van der Waals surface area contributed by atoms with Crippen molar-refractivity contribution in [2.24, 2.45) is 11.1 Å². The smallest absolute Gasteiger partial charge is 0.137 e. The molecule has 0 heterocycles. The molecule has 1 aliphatic carbocycles. The molecule has 1 fully saturated rings. The van der Waals surface area contributed by atoms with Crippen LogP contribution in [-0.2, 0) is 11.2 Å². The predicted octanol–water partition coefficient (Wildman–Crippen LogP) is 2.97. The molecule has 0 amide bonds. The van der Waals surface area contributed by atoms with Gasteiger partial charge in [-0.2, -0.15) is 0 Å². The molecule has 0 atom stereocenters. The molecule has 2 rings (SSSR count). The molecule has 0 saturated heterocycles. The molecule has 1 aromatic rings. The zero-order valence-electron chi connectivity index (χ0n) is 9.92. The molecule has 0 aliphatic heterocycles. The minimum atomic E-state index is 0.115. The van der Waals surface area contributed by atoms with Crippen molar-refractivity contribution in [1.82, 2.24) is 0 Å². The molecular weight excluding hydrogens is 234 g/mol. The van der Waals surface area contributed by atoms with Crippen molar-refractivity contribution in [2.75, 3.05) is 6.54 Å². The van der Waals surface area contributed by atoms with Gasteiger partial charge < -0.3 is 5.73 Å². The molecule has 1 aromatic carbocycles. The Morgan fingerprint density at radius 2 is 1.94 bits per heavy atom. The summed E-state index contributed by atoms with van der Waals surface area (Å²) in [6, 6.07) is 7.48. The summed E-state index contributed by atoms with van der Waals surface area (Å²) in [5.41, 5.74) is 6.91. The van der Waals surface area contributed by atoms with E-state index in [4.69, 9.17) is 17.3 Å². The van der Waals surface area contributed by atoms with E-state index in [2.05, 4.69) is 0 Å². The first-order valence-corrected chi connectivity index (χ1v) is 6.48. The fourth-order valence-electron chi connectivity index (χ4n) is 2.44. The number of halogens is 1. The highest BCUT2D eigenvalue weighted by Crippen LogP contribution is 2.43. The molecule has 1 saturated carbocycles. The Kier molecular flexibility index (Phi) is 3.85. The summed E-state index contributed by atoms with van der Waals surface area (Å²) < 4.78 is 0. The number of benzene rings is 1. The van der Waals surface area contributed by atoms with Crippen molar-refractivity contribution in [3.63, 3.8) is 0 Å². The predicted molar refractivity (Wildman–Crippen MR) is 70.1 cm³/mol. The number of hydrogen-bond acceptors (Lipinski definition) is 2. The normalized spacial score (nSPS) is 17.5. The maximum absolute atomic E-state index is 12.0. The van der Waals surface area contributed by atoms with Gasteiger partial charge in [0.2, 0.25) is 0 Å². The first kappa shape index (κ1) is 12.6. The van der Waals surface area contributed by atoms with Gasteiger partial charge in [-0.05, 0) is 42.5 Å². The number of Topliss-reactive ketones (excluding diaryl/α,β-unsaturated/α-hetero) is 1. The van der Waals surface area contributed by atoms with E-state index in [9.17, 15) is 4.79 Å². The summed E-state index contributed by atoms with van der Waals surface area (Å²) in [5, 5.41) is 0.707. The topological polar surface area (TPSA) is 43.1 Å². The zero-order chi connectivity index (χ0) is 12.3. The second-order valence-corrected chi connectivity index (χ2v) is 5.51. The average molecular weight is 252 g/mol. The van der Waals surface area contributed by atoms with Crippen LogP contribution in [0.2, 0.25) is 5.02 Å². The quantitative estimate of drug-likeness (QED) is 0.874. The zero-order valence-corrected chi connectivity index (χ0v) is 10.7. The Bertz CT molecular complexity index is 390. The van der Waals surface area contributed by atoms with Crippen LogP contribution in [0.5, 0.6) is 0 Å². The number of nitrogens with two attached hydrogens (primary N) is 1. The molecule has 0 aromatic heterocycles. The van der Waals surface area contributed by atoms with Gasteiger partial charge in [-0.1, -0.05) is 30.2 Å². The molecular formula is C14H18ClNO. The van der Waals surface area contributed by atoms with Crippen LogP contribution in [0.1, 0.15) is 31.2 Å². The molecule has 0 unspecified atom stereocenters. The Labute approximate surface area is 107 Å². The molecule has 2 nitrogen and oxygen atoms in total. The van der Waals surface area contributed by atoms with Crippen LogP contribution in [0, 0.1) is 5.41 Å². The average Bonchev–Trinajstić information content (AvgIpc) is 2.27. The van der Waals surface area contributed by atoms with E-state index in [-0.39, 0.29) is 11.2 Å². The third kappa shape index (κ3) is 3.08. The highest BCUT2D eigenvalue weighted by Gasteiger charge is 2.37. The molecule has 0 radical (unpaired) electrons. The number of rotatable bonds is 5. The second-order valence-electron chi connectivity index (χ2n) is 5.08. The lowest BCUT2D eigenvalue weighted by Gasteiger charge is -2.40. The van der Waals surface area contributed by atoms with Crippen molar-refractivity contribution in [1.29, 1.82) is 0 Å². The van der Waals surface area contributed by atoms with Crippen molar-refractivity contribution in [3.8, 4) is 0 Å². The lowest BCUT2D eigenvalue weighted by atomic mass is 9.65. The SMILES string of the molecule is NCC1(CC(=O)Cc2ccc(Cl)cc2)CCC1. The first-order chi connectivity index (χ1) is 8.13. The van der Waals surface area contributed by atoms with E-state index >= 15 is 0 Å². The summed E-state index contributed by atoms with van der Waals surface area (Å²) in [6.45, 7) is 0.638. The van der Waals surface area contributed by atoms with Gasteiger partial charge in [0.25, 0.3) is 0 Å². The van der Waals surface area contributed by atoms with Gasteiger partial charge in [0.15, 0.2) is 0 Å². The number of ketones is 1. The van der Waals surface area contributed by atoms with Crippen LogP contribution in [0.15, 0.2) is 24.3 Å². The lowest BCUT2D eigenvalue weighted by Crippen LogP contribution is -2.39. The Balaban J connectivity index is 1.91. The Hall–Kier alpha value is -0.860. The van der Waals surface area contributed by atoms with Gasteiger partial charge in [-0.3, -0.25) is 4.79 Å². The van der Waals surface area contributed by atoms with Gasteiger partial charge in [-0.25, -0.2) is 0 Å². The van der Waals surface area contributed by atoms with Gasteiger partial charge in [0, 0.05) is 17.9 Å². The van der Waals surface area contributed by atoms with E-state index < -0.39 is 0 Å². The monoisotopic (exact) mass is 251 g/mol. The van der Waals surface area contributed by atoms with Gasteiger partial charge in [0.05, 0.1) is 0 Å². The fraction of sp³-hybridized carbons (Fsp3) is 0.500. The van der Waals surface area contributed by atoms with Crippen LogP contribution in [0.3, 0.4) is 0 Å². The molecule has 0 spiro atoms. The summed E-state index contributed by atoms with van der Waals surface area (Å²) >= 11 is 5.81. The van der Waals surface area contributed by atoms with Gasteiger partial charge in [-0.15, -0.1) is 0 Å². The van der Waals surface area contributed by atoms with E-state index in [0.717, 1.165) is 18.4 Å². The molecule has 17 heavy (non-hydrogen) atoms. The molecule has 0 bridgehead atoms. The highest BCUT2D eigenvalue weighted by molar-refractivity contribution is 6.30. The highest BCUT2D eigenvalue weighted by atomic mass is 35.5. The third-order valence-corrected chi connectivity index (χ3v) is 3.99. The minimum Gasteiger partial charge on any atom is -0.330 e. The van der Waals surface area contributed by atoms with E-state index in [1.807, 2.05) is 24.3 Å². The molecule has 92 valence electrons. The maximum Gasteiger partial charge on any atom is 0.137 e. The van der Waals surface area contributed by atoms with Crippen molar-refractivity contribution in [3.05, 3.63) is 34.9 Å². The van der Waals surface area contributed by atoms with Crippen molar-refractivity contribution < 1.29 is 4.79 Å². The Morgan fingerprint density at radius 3 is 2.41 bits per heavy atom. The van der Waals surface area contributed by atoms with E-state index in [1.165, 1.54) is 6.42 Å². The largest absolute Gasteiger partial charge is 0.330 e. The van der Waals surface area contributed by atoms with Crippen LogP contribution >= 0.6 is 11.6 Å². The standard InChI is InChI=1S/C14H18ClNO/c15-12-4-2-11(3-5-12)8-13(17)9-14(10-16)6-1-7-14/h2-5H,1,6-10,16H2. The third-order valence-electron chi connectivity index (χ3n) is 3.73. The summed E-state index contributed by atoms with van der Waals surface area (Å²) in [6.07, 6.45) is 4.56. The molecule has 1 aliphatic rings. The van der Waals surface area contributed by atoms with E-state index in [0.29, 0.717) is 24.4 Å². The van der Waals surface area contributed by atoms with Crippen molar-refractivity contribution >= 4 is 17.4 Å². The van der Waals surface area contributed by atoms with Crippen LogP contribution in [0.4, 0.5) is 0 Å². The summed E-state index contributed by atoms with van der Waals surface area (Å²) in [5.74, 6) is 0.289. The summed E-state index contributed by atoms with van der Waals surface area (Å²) in [4.78, 5) is 12.0. The fourth-order valence-corrected chi connectivity index (χ4v) is 2.57. The molecule has 3 heteroatoms. The van der Waals surface area contributed by atoms with Crippen molar-refractivity contribution in [2.45, 2.75) is 32.1 Å². The lowest BCUT2D eigenvalue weighted by molar-refractivity contribution is -0.122. The summed E-state index contributed by atoms with van der Waals surface area (Å²) in [7, 11) is 0. The number of hydrogen-bond donors (Lipinski definition) is 1. The minimum absolute atomic E-state index is 0.115. The first-order valence-electron chi connectivity index (χ1n) is 6.10. The van der Waals surface area contributed by atoms with Crippen LogP contribution in [-0.4, -0.2) is 12.3 Å². The molecule has 2 N–H and O–H groups in total. The maximum atomic E-state index is 12.0. The van der Waals surface area contributed by atoms with Crippen LogP contribution < -0.4 is 5.73 Å². The van der Waals surface area contributed by atoms with Gasteiger partial charge in [0.1, 0.15) is 5.78 Å².